The lowest BCUT2D eigenvalue weighted by Crippen LogP contribution is -2.66. The van der Waals surface area contributed by atoms with Crippen LogP contribution in [0.4, 0.5) is 4.79 Å². The van der Waals surface area contributed by atoms with Gasteiger partial charge in [0.2, 0.25) is 5.91 Å². The minimum Gasteiger partial charge on any atom is -0.465 e. The van der Waals surface area contributed by atoms with E-state index >= 15 is 0 Å². The Kier molecular flexibility index (Phi) is 6.80. The molecule has 3 amide bonds. The van der Waals surface area contributed by atoms with Gasteiger partial charge in [0.25, 0.3) is 5.91 Å². The van der Waals surface area contributed by atoms with Gasteiger partial charge in [-0.05, 0) is 51.8 Å². The summed E-state index contributed by atoms with van der Waals surface area (Å²) in [7, 11) is 0. The lowest BCUT2D eigenvalue weighted by molar-refractivity contribution is -0.145. The van der Waals surface area contributed by atoms with Crippen molar-refractivity contribution in [2.75, 3.05) is 6.54 Å². The summed E-state index contributed by atoms with van der Waals surface area (Å²) < 4.78 is 0.927. The number of nitrogens with one attached hydrogen (secondary N) is 3. The monoisotopic (exact) mass is 491 g/mol. The summed E-state index contributed by atoms with van der Waals surface area (Å²) >= 11 is 3.45. The Labute approximate surface area is 188 Å². The topological polar surface area (TPSA) is 124 Å². The summed E-state index contributed by atoms with van der Waals surface area (Å²) in [4.78, 5) is 41.1. The Hall–Kier alpha value is -2.72. The fourth-order valence-electron chi connectivity index (χ4n) is 3.59. The average molecular weight is 492 g/mol. The molecule has 2 aromatic rings. The quantitative estimate of drug-likeness (QED) is 0.509. The molecule has 0 saturated carbocycles. The van der Waals surface area contributed by atoms with Crippen LogP contribution in [0, 0.1) is 0 Å². The van der Waals surface area contributed by atoms with Gasteiger partial charge in [-0.25, -0.2) is 10.2 Å². The molecule has 4 N–H and O–H groups in total. The second-order valence-electron chi connectivity index (χ2n) is 7.98. The van der Waals surface area contributed by atoms with Crippen molar-refractivity contribution < 1.29 is 19.5 Å². The third kappa shape index (κ3) is 5.31. The third-order valence-electron chi connectivity index (χ3n) is 5.38. The van der Waals surface area contributed by atoms with Crippen LogP contribution in [0.15, 0.2) is 34.8 Å². The first-order valence-corrected chi connectivity index (χ1v) is 10.8. The van der Waals surface area contributed by atoms with E-state index in [2.05, 4.69) is 37.0 Å². The van der Waals surface area contributed by atoms with E-state index in [9.17, 15) is 14.4 Å². The number of amides is 3. The molecular formula is C21H26BrN5O4. The van der Waals surface area contributed by atoms with Gasteiger partial charge in [-0.3, -0.25) is 19.6 Å². The number of aromatic nitrogens is 1. The molecule has 31 heavy (non-hydrogen) atoms. The smallest absolute Gasteiger partial charge is 0.405 e. The molecule has 2 heterocycles. The zero-order chi connectivity index (χ0) is 22.8. The summed E-state index contributed by atoms with van der Waals surface area (Å²) in [6.07, 6.45) is -0.130. The van der Waals surface area contributed by atoms with E-state index < -0.39 is 23.6 Å². The number of carboxylic acid groups (broad SMARTS) is 1. The second kappa shape index (κ2) is 9.19. The molecule has 1 saturated heterocycles. The molecule has 3 atom stereocenters. The maximum atomic E-state index is 13.1. The first kappa shape index (κ1) is 23.0. The number of benzene rings is 1. The van der Waals surface area contributed by atoms with Crippen molar-refractivity contribution in [1.29, 1.82) is 0 Å². The van der Waals surface area contributed by atoms with Crippen molar-refractivity contribution in [3.8, 4) is 0 Å². The van der Waals surface area contributed by atoms with E-state index in [1.54, 1.807) is 6.92 Å². The molecule has 3 rings (SSSR count). The first-order valence-electron chi connectivity index (χ1n) is 10.0. The number of hydrogen-bond donors (Lipinski definition) is 4. The molecule has 1 aromatic carbocycles. The van der Waals surface area contributed by atoms with Crippen LogP contribution in [-0.2, 0) is 9.59 Å². The molecule has 0 aliphatic carbocycles. The number of carbonyl (C=O) groups excluding carboxylic acids is 2. The van der Waals surface area contributed by atoms with Crippen LogP contribution in [0.1, 0.15) is 45.3 Å². The van der Waals surface area contributed by atoms with Crippen LogP contribution in [0.5, 0.6) is 0 Å². The minimum absolute atomic E-state index is 0.257. The van der Waals surface area contributed by atoms with E-state index in [1.807, 2.05) is 37.3 Å². The average Bonchev–Trinajstić information content (AvgIpc) is 2.72. The van der Waals surface area contributed by atoms with Gasteiger partial charge in [0.05, 0.1) is 17.3 Å². The number of hydrogen-bond acceptors (Lipinski definition) is 5. The highest BCUT2D eigenvalue weighted by Crippen LogP contribution is 2.23. The third-order valence-corrected chi connectivity index (χ3v) is 5.88. The molecule has 1 aromatic heterocycles. The van der Waals surface area contributed by atoms with Crippen LogP contribution in [0.2, 0.25) is 0 Å². The number of pyridine rings is 1. The number of nitrogens with zero attached hydrogens (tertiary/aromatic N) is 2. The molecule has 1 fully saturated rings. The van der Waals surface area contributed by atoms with Crippen LogP contribution < -0.4 is 16.1 Å². The first-order chi connectivity index (χ1) is 14.6. The molecule has 1 aliphatic rings. The van der Waals surface area contributed by atoms with E-state index in [0.29, 0.717) is 19.4 Å². The second-order valence-corrected chi connectivity index (χ2v) is 8.89. The molecule has 10 heteroatoms. The summed E-state index contributed by atoms with van der Waals surface area (Å²) in [6, 6.07) is 8.43. The molecule has 0 spiro atoms. The van der Waals surface area contributed by atoms with Crippen LogP contribution in [0.3, 0.4) is 0 Å². The summed E-state index contributed by atoms with van der Waals surface area (Å²) in [5.74, 6) is -0.691. The van der Waals surface area contributed by atoms with Gasteiger partial charge in [0.1, 0.15) is 11.6 Å². The number of carbonyl (C=O) groups is 3. The Bertz CT molecular complexity index is 1020. The SMILES string of the molecule is C[C@H](NC(=O)O)C(=O)N1CCCC(C)(C(=O)N[C@H](C)c2ccc3ccc(Br)cc3n2)N1. The Morgan fingerprint density at radius 1 is 1.23 bits per heavy atom. The van der Waals surface area contributed by atoms with E-state index in [1.165, 1.54) is 11.9 Å². The summed E-state index contributed by atoms with van der Waals surface area (Å²) in [5, 5.41) is 16.3. The summed E-state index contributed by atoms with van der Waals surface area (Å²) in [6.45, 7) is 5.45. The predicted octanol–water partition coefficient (Wildman–Crippen LogP) is 2.72. The van der Waals surface area contributed by atoms with E-state index in [-0.39, 0.29) is 11.9 Å². The largest absolute Gasteiger partial charge is 0.465 e. The van der Waals surface area contributed by atoms with Gasteiger partial charge in [-0.15, -0.1) is 0 Å². The minimum atomic E-state index is -1.28. The van der Waals surface area contributed by atoms with Crippen molar-refractivity contribution in [2.24, 2.45) is 0 Å². The highest BCUT2D eigenvalue weighted by molar-refractivity contribution is 9.10. The molecule has 0 bridgehead atoms. The molecule has 0 radical (unpaired) electrons. The molecule has 9 nitrogen and oxygen atoms in total. The Morgan fingerprint density at radius 2 is 1.94 bits per heavy atom. The van der Waals surface area contributed by atoms with Crippen molar-refractivity contribution in [3.63, 3.8) is 0 Å². The van der Waals surface area contributed by atoms with Gasteiger partial charge in [0, 0.05) is 16.4 Å². The molecule has 1 aliphatic heterocycles. The van der Waals surface area contributed by atoms with Gasteiger partial charge in [0.15, 0.2) is 0 Å². The van der Waals surface area contributed by atoms with E-state index in [4.69, 9.17) is 5.11 Å². The van der Waals surface area contributed by atoms with Gasteiger partial charge in [-0.1, -0.05) is 28.1 Å². The van der Waals surface area contributed by atoms with Gasteiger partial charge in [-0.2, -0.15) is 0 Å². The van der Waals surface area contributed by atoms with Crippen molar-refractivity contribution in [1.82, 2.24) is 26.1 Å². The van der Waals surface area contributed by atoms with Crippen LogP contribution in [-0.4, -0.2) is 51.1 Å². The van der Waals surface area contributed by atoms with Crippen molar-refractivity contribution in [3.05, 3.63) is 40.5 Å². The maximum Gasteiger partial charge on any atom is 0.405 e. The van der Waals surface area contributed by atoms with Crippen LogP contribution >= 0.6 is 15.9 Å². The summed E-state index contributed by atoms with van der Waals surface area (Å²) in [5.41, 5.74) is 3.53. The standard InChI is InChI=1S/C21H26BrN5O4/c1-12(16-8-6-14-5-7-15(22)11-17(14)25-16)23-19(29)21(3)9-4-10-27(26-21)18(28)13(2)24-20(30)31/h5-8,11-13,24,26H,4,9-10H2,1-3H3,(H,23,29)(H,30,31)/t12-,13+,21?/m1/s1. The molecular weight excluding hydrogens is 466 g/mol. The van der Waals surface area contributed by atoms with Gasteiger partial charge < -0.3 is 15.7 Å². The number of fused-ring (bicyclic) bond motifs is 1. The van der Waals surface area contributed by atoms with Crippen molar-refractivity contribution >= 4 is 44.7 Å². The van der Waals surface area contributed by atoms with Crippen molar-refractivity contribution in [2.45, 2.75) is 51.2 Å². The number of hydrazine groups is 1. The highest BCUT2D eigenvalue weighted by Gasteiger charge is 2.40. The zero-order valence-corrected chi connectivity index (χ0v) is 19.2. The normalized spacial score (nSPS) is 20.7. The Balaban J connectivity index is 1.69. The fourth-order valence-corrected chi connectivity index (χ4v) is 3.94. The van der Waals surface area contributed by atoms with Crippen LogP contribution in [0.25, 0.3) is 10.9 Å². The number of halogens is 1. The lowest BCUT2D eigenvalue weighted by Gasteiger charge is -2.41. The maximum absolute atomic E-state index is 13.1. The fraction of sp³-hybridized carbons (Fsp3) is 0.429. The molecule has 1 unspecified atom stereocenters. The highest BCUT2D eigenvalue weighted by atomic mass is 79.9. The lowest BCUT2D eigenvalue weighted by atomic mass is 9.92. The zero-order valence-electron chi connectivity index (χ0n) is 17.6. The molecule has 166 valence electrons. The van der Waals surface area contributed by atoms with Gasteiger partial charge >= 0.3 is 6.09 Å². The Morgan fingerprint density at radius 3 is 2.65 bits per heavy atom. The number of rotatable bonds is 5. The predicted molar refractivity (Wildman–Crippen MR) is 119 cm³/mol. The van der Waals surface area contributed by atoms with E-state index in [0.717, 1.165) is 21.1 Å².